The molecule has 2 nitrogen and oxygen atoms in total. The maximum atomic E-state index is 3.55. The van der Waals surface area contributed by atoms with Gasteiger partial charge in [0.2, 0.25) is 0 Å². The van der Waals surface area contributed by atoms with E-state index >= 15 is 0 Å². The van der Waals surface area contributed by atoms with Crippen molar-refractivity contribution in [1.82, 2.24) is 10.2 Å². The van der Waals surface area contributed by atoms with Gasteiger partial charge in [0.25, 0.3) is 0 Å². The van der Waals surface area contributed by atoms with Crippen molar-refractivity contribution in [3.8, 4) is 0 Å². The predicted octanol–water partition coefficient (Wildman–Crippen LogP) is 1.86. The van der Waals surface area contributed by atoms with Crippen LogP contribution in [-0.2, 0) is 0 Å². The van der Waals surface area contributed by atoms with Gasteiger partial charge in [-0.1, -0.05) is 13.8 Å². The highest BCUT2D eigenvalue weighted by molar-refractivity contribution is 4.99. The van der Waals surface area contributed by atoms with Gasteiger partial charge in [-0.15, -0.1) is 0 Å². The minimum Gasteiger partial charge on any atom is -0.311 e. The normalized spacial score (nSPS) is 43.3. The molecule has 0 bridgehead atoms. The SMILES string of the molecule is CC1NCCN(C2CCC2(C)C)C1C. The number of nitrogens with one attached hydrogen (secondary N) is 1. The topological polar surface area (TPSA) is 15.3 Å². The predicted molar refractivity (Wildman–Crippen MR) is 60.4 cm³/mol. The molecule has 0 aromatic carbocycles. The number of nitrogens with zero attached hydrogens (tertiary/aromatic N) is 1. The number of rotatable bonds is 1. The van der Waals surface area contributed by atoms with Crippen LogP contribution in [0.1, 0.15) is 40.5 Å². The maximum Gasteiger partial charge on any atom is 0.0222 e. The van der Waals surface area contributed by atoms with Gasteiger partial charge < -0.3 is 5.32 Å². The van der Waals surface area contributed by atoms with E-state index < -0.39 is 0 Å². The fourth-order valence-electron chi connectivity index (χ4n) is 2.99. The summed E-state index contributed by atoms with van der Waals surface area (Å²) in [6.45, 7) is 11.9. The van der Waals surface area contributed by atoms with Crippen LogP contribution in [-0.4, -0.2) is 36.1 Å². The minimum absolute atomic E-state index is 0.561. The van der Waals surface area contributed by atoms with Crippen molar-refractivity contribution in [2.24, 2.45) is 5.41 Å². The van der Waals surface area contributed by atoms with Gasteiger partial charge in [-0.25, -0.2) is 0 Å². The van der Waals surface area contributed by atoms with E-state index in [1.807, 2.05) is 0 Å². The van der Waals surface area contributed by atoms with Crippen LogP contribution in [0, 0.1) is 5.41 Å². The van der Waals surface area contributed by atoms with Crippen molar-refractivity contribution in [3.63, 3.8) is 0 Å². The summed E-state index contributed by atoms with van der Waals surface area (Å²) in [5, 5.41) is 3.55. The van der Waals surface area contributed by atoms with E-state index in [-0.39, 0.29) is 0 Å². The molecule has 14 heavy (non-hydrogen) atoms. The highest BCUT2D eigenvalue weighted by atomic mass is 15.3. The summed E-state index contributed by atoms with van der Waals surface area (Å²) >= 11 is 0. The van der Waals surface area contributed by atoms with E-state index in [1.165, 1.54) is 19.4 Å². The Morgan fingerprint density at radius 2 is 2.00 bits per heavy atom. The third-order valence-corrected chi connectivity index (χ3v) is 4.45. The number of piperazine rings is 1. The van der Waals surface area contributed by atoms with E-state index in [4.69, 9.17) is 0 Å². The lowest BCUT2D eigenvalue weighted by Gasteiger charge is -2.55. The summed E-state index contributed by atoms with van der Waals surface area (Å²) < 4.78 is 0. The Labute approximate surface area is 88.1 Å². The Morgan fingerprint density at radius 3 is 2.50 bits per heavy atom. The Hall–Kier alpha value is -0.0800. The Bertz CT molecular complexity index is 212. The Morgan fingerprint density at radius 1 is 1.29 bits per heavy atom. The smallest absolute Gasteiger partial charge is 0.0222 e. The standard InChI is InChI=1S/C12H24N2/c1-9-10(2)14(8-7-13-9)11-5-6-12(11,3)4/h9-11,13H,5-8H2,1-4H3. The lowest BCUT2D eigenvalue weighted by atomic mass is 9.66. The highest BCUT2D eigenvalue weighted by Gasteiger charge is 2.44. The Kier molecular flexibility index (Phi) is 2.61. The molecule has 2 aliphatic rings. The molecule has 0 radical (unpaired) electrons. The van der Waals surface area contributed by atoms with Crippen molar-refractivity contribution in [3.05, 3.63) is 0 Å². The molecular formula is C12H24N2. The van der Waals surface area contributed by atoms with E-state index in [1.54, 1.807) is 0 Å². The highest BCUT2D eigenvalue weighted by Crippen LogP contribution is 2.44. The molecule has 1 heterocycles. The summed E-state index contributed by atoms with van der Waals surface area (Å²) in [5.41, 5.74) is 0.561. The molecule has 1 aliphatic carbocycles. The zero-order chi connectivity index (χ0) is 10.3. The van der Waals surface area contributed by atoms with Crippen LogP contribution in [0.3, 0.4) is 0 Å². The van der Waals surface area contributed by atoms with Crippen molar-refractivity contribution in [2.45, 2.75) is 58.7 Å². The lowest BCUT2D eigenvalue weighted by Crippen LogP contribution is -2.64. The molecule has 3 unspecified atom stereocenters. The van der Waals surface area contributed by atoms with E-state index in [2.05, 4.69) is 37.9 Å². The third kappa shape index (κ3) is 1.59. The van der Waals surface area contributed by atoms with Crippen LogP contribution >= 0.6 is 0 Å². The van der Waals surface area contributed by atoms with Gasteiger partial charge in [0, 0.05) is 31.2 Å². The molecule has 0 amide bonds. The first-order valence-electron chi connectivity index (χ1n) is 6.01. The second kappa shape index (κ2) is 3.49. The summed E-state index contributed by atoms with van der Waals surface area (Å²) in [7, 11) is 0. The summed E-state index contributed by atoms with van der Waals surface area (Å²) in [6.07, 6.45) is 2.81. The molecule has 82 valence electrons. The molecule has 3 atom stereocenters. The molecule has 1 saturated heterocycles. The van der Waals surface area contributed by atoms with Crippen LogP contribution in [0.25, 0.3) is 0 Å². The van der Waals surface area contributed by atoms with Gasteiger partial charge in [0.1, 0.15) is 0 Å². The zero-order valence-electron chi connectivity index (χ0n) is 10.0. The van der Waals surface area contributed by atoms with Gasteiger partial charge in [-0.2, -0.15) is 0 Å². The first-order valence-corrected chi connectivity index (χ1v) is 6.01. The third-order valence-electron chi connectivity index (χ3n) is 4.45. The quantitative estimate of drug-likeness (QED) is 0.688. The van der Waals surface area contributed by atoms with Crippen LogP contribution in [0.2, 0.25) is 0 Å². The molecule has 1 aliphatic heterocycles. The van der Waals surface area contributed by atoms with Crippen molar-refractivity contribution in [1.29, 1.82) is 0 Å². The second-order valence-corrected chi connectivity index (χ2v) is 5.76. The van der Waals surface area contributed by atoms with Crippen molar-refractivity contribution < 1.29 is 0 Å². The fraction of sp³-hybridized carbons (Fsp3) is 1.00. The average molecular weight is 196 g/mol. The van der Waals surface area contributed by atoms with Crippen molar-refractivity contribution >= 4 is 0 Å². The van der Waals surface area contributed by atoms with Gasteiger partial charge in [0.05, 0.1) is 0 Å². The zero-order valence-corrected chi connectivity index (χ0v) is 10.0. The minimum atomic E-state index is 0.561. The Balaban J connectivity index is 2.03. The first-order chi connectivity index (χ1) is 6.52. The van der Waals surface area contributed by atoms with Gasteiger partial charge >= 0.3 is 0 Å². The molecule has 2 fully saturated rings. The van der Waals surface area contributed by atoms with Gasteiger partial charge in [-0.05, 0) is 32.1 Å². The molecule has 2 heteroatoms. The van der Waals surface area contributed by atoms with Crippen LogP contribution in [0.4, 0.5) is 0 Å². The van der Waals surface area contributed by atoms with Crippen LogP contribution in [0.15, 0.2) is 0 Å². The number of hydrogen-bond donors (Lipinski definition) is 1. The van der Waals surface area contributed by atoms with E-state index in [0.717, 1.165) is 12.6 Å². The summed E-state index contributed by atoms with van der Waals surface area (Å²) in [4.78, 5) is 2.73. The molecule has 0 aromatic heterocycles. The second-order valence-electron chi connectivity index (χ2n) is 5.76. The molecule has 0 spiro atoms. The van der Waals surface area contributed by atoms with Crippen LogP contribution in [0.5, 0.6) is 0 Å². The molecule has 1 N–H and O–H groups in total. The monoisotopic (exact) mass is 196 g/mol. The fourth-order valence-corrected chi connectivity index (χ4v) is 2.99. The molecule has 0 aromatic rings. The average Bonchev–Trinajstić information content (AvgIpc) is 2.11. The van der Waals surface area contributed by atoms with Crippen molar-refractivity contribution in [2.75, 3.05) is 13.1 Å². The van der Waals surface area contributed by atoms with Gasteiger partial charge in [-0.3, -0.25) is 4.90 Å². The summed E-state index contributed by atoms with van der Waals surface area (Å²) in [6, 6.07) is 2.19. The maximum absolute atomic E-state index is 3.55. The number of hydrogen-bond acceptors (Lipinski definition) is 2. The van der Waals surface area contributed by atoms with E-state index in [0.29, 0.717) is 17.5 Å². The summed E-state index contributed by atoms with van der Waals surface area (Å²) in [5.74, 6) is 0. The molecular weight excluding hydrogens is 172 g/mol. The molecule has 2 rings (SSSR count). The lowest BCUT2D eigenvalue weighted by molar-refractivity contribution is -0.0400. The van der Waals surface area contributed by atoms with E-state index in [9.17, 15) is 0 Å². The largest absolute Gasteiger partial charge is 0.311 e. The first kappa shape index (κ1) is 10.4. The molecule has 1 saturated carbocycles. The van der Waals surface area contributed by atoms with Crippen LogP contribution < -0.4 is 5.32 Å². The van der Waals surface area contributed by atoms with Gasteiger partial charge in [0.15, 0.2) is 0 Å².